The largest absolute Gasteiger partial charge is 0.355 e. The number of rotatable bonds is 5. The van der Waals surface area contributed by atoms with E-state index >= 15 is 0 Å². The average Bonchev–Trinajstić information content (AvgIpc) is 2.00. The van der Waals surface area contributed by atoms with Crippen molar-refractivity contribution in [2.24, 2.45) is 5.92 Å². The molecule has 11 heavy (non-hydrogen) atoms. The topological polar surface area (TPSA) is 29.1 Å². The maximum absolute atomic E-state index is 11.1. The molecule has 1 unspecified atom stereocenters. The van der Waals surface area contributed by atoms with Gasteiger partial charge in [0.25, 0.3) is 0 Å². The predicted octanol–water partition coefficient (Wildman–Crippen LogP) is 1.97. The van der Waals surface area contributed by atoms with Gasteiger partial charge in [-0.3, -0.25) is 4.79 Å². The number of carbonyl (C=O) groups excluding carboxylic acids is 1. The molecule has 0 aromatic carbocycles. The van der Waals surface area contributed by atoms with Crippen molar-refractivity contribution in [2.75, 3.05) is 11.0 Å². The highest BCUT2D eigenvalue weighted by Gasteiger charge is 2.05. The lowest BCUT2D eigenvalue weighted by Gasteiger charge is -2.07. The normalized spacial score (nSPS) is 12.6. The van der Waals surface area contributed by atoms with E-state index in [1.807, 2.05) is 0 Å². The highest BCUT2D eigenvalue weighted by Crippen LogP contribution is 2.05. The van der Waals surface area contributed by atoms with Gasteiger partial charge in [0, 0.05) is 17.4 Å². The second-order valence-electron chi connectivity index (χ2n) is 2.76. The minimum absolute atomic E-state index is 0.191. The second-order valence-corrected chi connectivity index (χ2v) is 3.84. The molecular formula is C8H16INO. The van der Waals surface area contributed by atoms with E-state index in [2.05, 4.69) is 41.8 Å². The van der Waals surface area contributed by atoms with E-state index in [0.29, 0.717) is 12.3 Å². The van der Waals surface area contributed by atoms with Crippen LogP contribution in [-0.2, 0) is 4.79 Å². The molecule has 0 bridgehead atoms. The SMILES string of the molecule is CCC(C)CC(=O)NCCI. The van der Waals surface area contributed by atoms with Crippen LogP contribution in [0.1, 0.15) is 26.7 Å². The fourth-order valence-electron chi connectivity index (χ4n) is 0.720. The molecule has 0 aliphatic carbocycles. The van der Waals surface area contributed by atoms with Crippen LogP contribution in [0.4, 0.5) is 0 Å². The lowest BCUT2D eigenvalue weighted by Crippen LogP contribution is -2.26. The molecular weight excluding hydrogens is 253 g/mol. The van der Waals surface area contributed by atoms with Gasteiger partial charge >= 0.3 is 0 Å². The Bertz CT molecular complexity index is 117. The molecule has 66 valence electrons. The van der Waals surface area contributed by atoms with E-state index in [-0.39, 0.29) is 5.91 Å². The van der Waals surface area contributed by atoms with Crippen LogP contribution in [0.5, 0.6) is 0 Å². The molecule has 0 aliphatic rings. The minimum atomic E-state index is 0.191. The number of hydrogen-bond donors (Lipinski definition) is 1. The van der Waals surface area contributed by atoms with Crippen LogP contribution in [0, 0.1) is 5.92 Å². The summed E-state index contributed by atoms with van der Waals surface area (Å²) in [7, 11) is 0. The quantitative estimate of drug-likeness (QED) is 0.600. The number of nitrogens with one attached hydrogen (secondary N) is 1. The molecule has 0 rings (SSSR count). The van der Waals surface area contributed by atoms with Crippen LogP contribution in [0.25, 0.3) is 0 Å². The van der Waals surface area contributed by atoms with Gasteiger partial charge in [0.05, 0.1) is 0 Å². The number of alkyl halides is 1. The van der Waals surface area contributed by atoms with Crippen molar-refractivity contribution in [2.45, 2.75) is 26.7 Å². The number of halogens is 1. The van der Waals surface area contributed by atoms with Crippen LogP contribution in [0.15, 0.2) is 0 Å². The first-order valence-corrected chi connectivity index (χ1v) is 5.56. The van der Waals surface area contributed by atoms with E-state index < -0.39 is 0 Å². The van der Waals surface area contributed by atoms with Gasteiger partial charge < -0.3 is 5.32 Å². The summed E-state index contributed by atoms with van der Waals surface area (Å²) in [5.74, 6) is 0.709. The van der Waals surface area contributed by atoms with Crippen LogP contribution < -0.4 is 5.32 Å². The molecule has 1 N–H and O–H groups in total. The van der Waals surface area contributed by atoms with Crippen molar-refractivity contribution in [1.29, 1.82) is 0 Å². The van der Waals surface area contributed by atoms with Gasteiger partial charge in [-0.05, 0) is 5.92 Å². The van der Waals surface area contributed by atoms with E-state index in [1.54, 1.807) is 0 Å². The maximum atomic E-state index is 11.1. The zero-order valence-corrected chi connectivity index (χ0v) is 9.35. The van der Waals surface area contributed by atoms with E-state index in [4.69, 9.17) is 0 Å². The van der Waals surface area contributed by atoms with Gasteiger partial charge in [-0.2, -0.15) is 0 Å². The standard InChI is InChI=1S/C8H16INO/c1-3-7(2)6-8(11)10-5-4-9/h7H,3-6H2,1-2H3,(H,10,11). The molecule has 3 heteroatoms. The Hall–Kier alpha value is 0.200. The molecule has 1 amide bonds. The van der Waals surface area contributed by atoms with Gasteiger partial charge in [0.15, 0.2) is 0 Å². The van der Waals surface area contributed by atoms with E-state index in [1.165, 1.54) is 0 Å². The lowest BCUT2D eigenvalue weighted by molar-refractivity contribution is -0.121. The fraction of sp³-hybridized carbons (Fsp3) is 0.875. The fourth-order valence-corrected chi connectivity index (χ4v) is 0.989. The van der Waals surface area contributed by atoms with Gasteiger partial charge in [0.2, 0.25) is 5.91 Å². The number of carbonyl (C=O) groups is 1. The third kappa shape index (κ3) is 6.59. The summed E-state index contributed by atoms with van der Waals surface area (Å²) in [5.41, 5.74) is 0. The molecule has 2 nitrogen and oxygen atoms in total. The summed E-state index contributed by atoms with van der Waals surface area (Å²) >= 11 is 2.25. The Morgan fingerprint density at radius 1 is 1.64 bits per heavy atom. The highest BCUT2D eigenvalue weighted by molar-refractivity contribution is 14.1. The van der Waals surface area contributed by atoms with Gasteiger partial charge in [0.1, 0.15) is 0 Å². The Morgan fingerprint density at radius 3 is 2.73 bits per heavy atom. The van der Waals surface area contributed by atoms with Crippen molar-refractivity contribution < 1.29 is 4.79 Å². The molecule has 1 atom stereocenters. The molecule has 0 heterocycles. The van der Waals surface area contributed by atoms with Crippen molar-refractivity contribution in [3.05, 3.63) is 0 Å². The molecule has 0 saturated heterocycles. The van der Waals surface area contributed by atoms with Crippen LogP contribution in [0.2, 0.25) is 0 Å². The Balaban J connectivity index is 3.36. The second kappa shape index (κ2) is 6.88. The molecule has 0 aromatic heterocycles. The van der Waals surface area contributed by atoms with E-state index in [0.717, 1.165) is 17.4 Å². The van der Waals surface area contributed by atoms with Crippen molar-refractivity contribution >= 4 is 28.5 Å². The minimum Gasteiger partial charge on any atom is -0.355 e. The van der Waals surface area contributed by atoms with Crippen LogP contribution in [-0.4, -0.2) is 16.9 Å². The molecule has 0 radical (unpaired) electrons. The summed E-state index contributed by atoms with van der Waals surface area (Å²) in [6, 6.07) is 0. The Kier molecular flexibility index (Phi) is 7.01. The summed E-state index contributed by atoms with van der Waals surface area (Å²) in [6.45, 7) is 5.01. The first-order chi connectivity index (χ1) is 5.20. The zero-order valence-electron chi connectivity index (χ0n) is 7.19. The Labute approximate surface area is 82.3 Å². The maximum Gasteiger partial charge on any atom is 0.220 e. The highest BCUT2D eigenvalue weighted by atomic mass is 127. The summed E-state index contributed by atoms with van der Waals surface area (Å²) in [6.07, 6.45) is 1.75. The van der Waals surface area contributed by atoms with E-state index in [9.17, 15) is 4.79 Å². The van der Waals surface area contributed by atoms with Gasteiger partial charge in [-0.15, -0.1) is 0 Å². The first-order valence-electron chi connectivity index (χ1n) is 4.03. The smallest absolute Gasteiger partial charge is 0.220 e. The number of amides is 1. The monoisotopic (exact) mass is 269 g/mol. The third-order valence-corrected chi connectivity index (χ3v) is 2.19. The van der Waals surface area contributed by atoms with Crippen molar-refractivity contribution in [3.8, 4) is 0 Å². The first kappa shape index (κ1) is 11.2. The molecule has 0 spiro atoms. The summed E-state index contributed by atoms with van der Waals surface area (Å²) in [4.78, 5) is 11.1. The molecule has 0 saturated carbocycles. The molecule has 0 aromatic rings. The van der Waals surface area contributed by atoms with Crippen molar-refractivity contribution in [1.82, 2.24) is 5.32 Å². The Morgan fingerprint density at radius 2 is 2.27 bits per heavy atom. The molecule has 0 fully saturated rings. The number of hydrogen-bond acceptors (Lipinski definition) is 1. The summed E-state index contributed by atoms with van der Waals surface area (Å²) < 4.78 is 0.990. The average molecular weight is 269 g/mol. The molecule has 0 aliphatic heterocycles. The van der Waals surface area contributed by atoms with Crippen LogP contribution >= 0.6 is 22.6 Å². The van der Waals surface area contributed by atoms with Gasteiger partial charge in [-0.25, -0.2) is 0 Å². The van der Waals surface area contributed by atoms with Gasteiger partial charge in [-0.1, -0.05) is 42.9 Å². The van der Waals surface area contributed by atoms with Crippen molar-refractivity contribution in [3.63, 3.8) is 0 Å². The van der Waals surface area contributed by atoms with Crippen LogP contribution in [0.3, 0.4) is 0 Å². The zero-order chi connectivity index (χ0) is 8.69. The predicted molar refractivity (Wildman–Crippen MR) is 56.0 cm³/mol. The lowest BCUT2D eigenvalue weighted by atomic mass is 10.1. The third-order valence-electron chi connectivity index (χ3n) is 1.65. The summed E-state index contributed by atoms with van der Waals surface area (Å²) in [5, 5.41) is 2.85.